The predicted octanol–water partition coefficient (Wildman–Crippen LogP) is 1.51. The summed E-state index contributed by atoms with van der Waals surface area (Å²) >= 11 is 0. The van der Waals surface area contributed by atoms with Gasteiger partial charge in [0.25, 0.3) is 0 Å². The molecule has 0 aromatic rings. The van der Waals surface area contributed by atoms with E-state index in [4.69, 9.17) is 14.7 Å². The lowest BCUT2D eigenvalue weighted by Crippen LogP contribution is -2.16. The van der Waals surface area contributed by atoms with E-state index in [1.807, 2.05) is 0 Å². The molecule has 0 aliphatic carbocycles. The van der Waals surface area contributed by atoms with Crippen LogP contribution in [0, 0.1) is 0 Å². The fourth-order valence-corrected chi connectivity index (χ4v) is 0.753. The van der Waals surface area contributed by atoms with Crippen molar-refractivity contribution in [1.29, 1.82) is 0 Å². The first-order chi connectivity index (χ1) is 3.95. The molecule has 4 nitrogen and oxygen atoms in total. The van der Waals surface area contributed by atoms with Gasteiger partial charge >= 0.3 is 8.60 Å². The summed E-state index contributed by atoms with van der Waals surface area (Å²) in [5.74, 6) is 0. The van der Waals surface area contributed by atoms with Crippen LogP contribution in [0.3, 0.4) is 0 Å². The van der Waals surface area contributed by atoms with Gasteiger partial charge in [-0.3, -0.25) is 0 Å². The molecule has 1 unspecified atom stereocenters. The Morgan fingerprint density at radius 1 is 1.33 bits per heavy atom. The lowest BCUT2D eigenvalue weighted by molar-refractivity contribution is -0.155. The zero-order valence-corrected chi connectivity index (χ0v) is 6.55. The molecule has 0 saturated heterocycles. The molecule has 2 N–H and O–H groups in total. The lowest BCUT2D eigenvalue weighted by atomic mass is 10.2. The summed E-state index contributed by atoms with van der Waals surface area (Å²) < 4.78 is 8.26. The molecule has 56 valence electrons. The summed E-state index contributed by atoms with van der Waals surface area (Å²) in [5.41, 5.74) is -0.483. The van der Waals surface area contributed by atoms with Crippen LogP contribution in [0.5, 0.6) is 0 Å². The third kappa shape index (κ3) is 6.15. The minimum absolute atomic E-state index is 0.483. The van der Waals surface area contributed by atoms with E-state index in [2.05, 4.69) is 4.67 Å². The zero-order chi connectivity index (χ0) is 7.49. The van der Waals surface area contributed by atoms with Crippen molar-refractivity contribution in [1.82, 2.24) is 0 Å². The minimum Gasteiger partial charge on any atom is -0.326 e. The Bertz CT molecular complexity index is 79.1. The maximum Gasteiger partial charge on any atom is 0.360 e. The number of hydrogen-bond acceptors (Lipinski definition) is 4. The normalized spacial score (nSPS) is 15.7. The van der Waals surface area contributed by atoms with E-state index in [1.54, 1.807) is 20.8 Å². The van der Waals surface area contributed by atoms with Crippen molar-refractivity contribution >= 4 is 8.60 Å². The van der Waals surface area contributed by atoms with E-state index in [0.717, 1.165) is 0 Å². The van der Waals surface area contributed by atoms with Crippen molar-refractivity contribution in [3.63, 3.8) is 0 Å². The van der Waals surface area contributed by atoms with E-state index < -0.39 is 14.2 Å². The molecule has 0 heterocycles. The van der Waals surface area contributed by atoms with Gasteiger partial charge < -0.3 is 9.42 Å². The third-order valence-electron chi connectivity index (χ3n) is 0.422. The smallest absolute Gasteiger partial charge is 0.326 e. The summed E-state index contributed by atoms with van der Waals surface area (Å²) in [4.78, 5) is 8.56. The van der Waals surface area contributed by atoms with Gasteiger partial charge in [-0.2, -0.15) is 4.67 Å². The molecule has 0 aromatic heterocycles. The monoisotopic (exact) mass is 154 g/mol. The Hall–Kier alpha value is 0.270. The highest BCUT2D eigenvalue weighted by Gasteiger charge is 2.17. The van der Waals surface area contributed by atoms with Crippen LogP contribution in [-0.2, 0) is 9.20 Å². The Balaban J connectivity index is 3.47. The molecule has 0 aliphatic rings. The van der Waals surface area contributed by atoms with E-state index in [0.29, 0.717) is 0 Å². The van der Waals surface area contributed by atoms with Gasteiger partial charge in [0.1, 0.15) is 0 Å². The zero-order valence-electron chi connectivity index (χ0n) is 5.66. The molecule has 0 aromatic carbocycles. The van der Waals surface area contributed by atoms with Crippen molar-refractivity contribution < 1.29 is 19.3 Å². The third-order valence-corrected chi connectivity index (χ3v) is 1.27. The molecular weight excluding hydrogens is 143 g/mol. The second-order valence-electron chi connectivity index (χ2n) is 2.52. The maximum atomic E-state index is 8.56. The van der Waals surface area contributed by atoms with Crippen LogP contribution in [-0.4, -0.2) is 15.8 Å². The quantitative estimate of drug-likeness (QED) is 0.359. The van der Waals surface area contributed by atoms with Gasteiger partial charge in [-0.1, -0.05) is 0 Å². The largest absolute Gasteiger partial charge is 0.360 e. The molecule has 0 fully saturated rings. The summed E-state index contributed by atoms with van der Waals surface area (Å²) in [6.45, 7) is 5.24. The maximum absolute atomic E-state index is 8.56. The van der Waals surface area contributed by atoms with Gasteiger partial charge in [-0.25, -0.2) is 5.26 Å². The van der Waals surface area contributed by atoms with Crippen molar-refractivity contribution in [2.45, 2.75) is 26.4 Å². The highest BCUT2D eigenvalue weighted by atomic mass is 31.2. The van der Waals surface area contributed by atoms with Gasteiger partial charge in [0.2, 0.25) is 0 Å². The molecule has 0 amide bonds. The summed E-state index contributed by atoms with van der Waals surface area (Å²) in [6, 6.07) is 0. The molecule has 0 spiro atoms. The fourth-order valence-electron chi connectivity index (χ4n) is 0.251. The van der Waals surface area contributed by atoms with Crippen LogP contribution in [0.2, 0.25) is 0 Å². The molecule has 0 saturated carbocycles. The van der Waals surface area contributed by atoms with Gasteiger partial charge in [-0.05, 0) is 20.8 Å². The molecular formula is C4H11O4P. The SMILES string of the molecule is CC(C)(C)OP(O)OO. The summed E-state index contributed by atoms with van der Waals surface area (Å²) in [5, 5.41) is 7.85. The first kappa shape index (κ1) is 9.27. The van der Waals surface area contributed by atoms with Crippen LogP contribution in [0.1, 0.15) is 20.8 Å². The van der Waals surface area contributed by atoms with Gasteiger partial charge in [0.15, 0.2) is 0 Å². The Labute approximate surface area is 55.3 Å². The highest BCUT2D eigenvalue weighted by molar-refractivity contribution is 7.40. The van der Waals surface area contributed by atoms with E-state index in [9.17, 15) is 0 Å². The van der Waals surface area contributed by atoms with E-state index in [-0.39, 0.29) is 0 Å². The van der Waals surface area contributed by atoms with Crippen molar-refractivity contribution in [2.75, 3.05) is 0 Å². The molecule has 0 aliphatic heterocycles. The Morgan fingerprint density at radius 3 is 1.89 bits per heavy atom. The Kier molecular flexibility index (Phi) is 3.54. The molecule has 0 radical (unpaired) electrons. The average molecular weight is 154 g/mol. The van der Waals surface area contributed by atoms with E-state index >= 15 is 0 Å². The molecule has 0 rings (SSSR count). The highest BCUT2D eigenvalue weighted by Crippen LogP contribution is 2.36. The van der Waals surface area contributed by atoms with Crippen molar-refractivity contribution in [3.05, 3.63) is 0 Å². The van der Waals surface area contributed by atoms with Crippen LogP contribution in [0.4, 0.5) is 0 Å². The number of rotatable bonds is 2. The second kappa shape index (κ2) is 3.44. The van der Waals surface area contributed by atoms with Crippen LogP contribution in [0.15, 0.2) is 0 Å². The number of hydrogen-bond donors (Lipinski definition) is 2. The first-order valence-electron chi connectivity index (χ1n) is 2.45. The lowest BCUT2D eigenvalue weighted by Gasteiger charge is -2.19. The van der Waals surface area contributed by atoms with Crippen molar-refractivity contribution in [3.8, 4) is 0 Å². The molecule has 5 heteroatoms. The van der Waals surface area contributed by atoms with Crippen LogP contribution in [0.25, 0.3) is 0 Å². The van der Waals surface area contributed by atoms with E-state index in [1.165, 1.54) is 0 Å². The topological polar surface area (TPSA) is 58.9 Å². The first-order valence-corrected chi connectivity index (χ1v) is 3.58. The second-order valence-corrected chi connectivity index (χ2v) is 3.34. The molecule has 0 bridgehead atoms. The Morgan fingerprint density at radius 2 is 1.78 bits per heavy atom. The van der Waals surface area contributed by atoms with Gasteiger partial charge in [-0.15, -0.1) is 0 Å². The minimum atomic E-state index is -2.11. The van der Waals surface area contributed by atoms with Crippen LogP contribution < -0.4 is 0 Å². The predicted molar refractivity (Wildman–Crippen MR) is 33.7 cm³/mol. The summed E-state index contributed by atoms with van der Waals surface area (Å²) in [7, 11) is -2.11. The van der Waals surface area contributed by atoms with Crippen molar-refractivity contribution in [2.24, 2.45) is 0 Å². The van der Waals surface area contributed by atoms with Gasteiger partial charge in [0, 0.05) is 0 Å². The van der Waals surface area contributed by atoms with Crippen LogP contribution >= 0.6 is 8.60 Å². The standard InChI is InChI=1S/C4H11O4P/c1-4(2,3)7-9(6)8-5/h5-6H,1-3H3. The molecule has 9 heavy (non-hydrogen) atoms. The average Bonchev–Trinajstić information content (AvgIpc) is 1.62. The molecule has 1 atom stereocenters. The van der Waals surface area contributed by atoms with Gasteiger partial charge in [0.05, 0.1) is 5.60 Å². The fraction of sp³-hybridized carbons (Fsp3) is 1.00. The summed E-state index contributed by atoms with van der Waals surface area (Å²) in [6.07, 6.45) is 0.